The lowest BCUT2D eigenvalue weighted by atomic mass is 9.94. The molecule has 1 aromatic carbocycles. The second-order valence-corrected chi connectivity index (χ2v) is 6.35. The van der Waals surface area contributed by atoms with Crippen LogP contribution >= 0.6 is 0 Å². The fourth-order valence-electron chi connectivity index (χ4n) is 3.26. The van der Waals surface area contributed by atoms with Crippen LogP contribution in [0.5, 0.6) is 0 Å². The van der Waals surface area contributed by atoms with E-state index in [-0.39, 0.29) is 12.5 Å². The van der Waals surface area contributed by atoms with Gasteiger partial charge in [0.25, 0.3) is 0 Å². The predicted octanol–water partition coefficient (Wildman–Crippen LogP) is 4.18. The van der Waals surface area contributed by atoms with Gasteiger partial charge in [-0.15, -0.1) is 0 Å². The fourth-order valence-corrected chi connectivity index (χ4v) is 3.26. The Balaban J connectivity index is 2.20. The minimum absolute atomic E-state index is 0.158. The molecule has 0 aromatic heterocycles. The molecule has 0 amide bonds. The zero-order chi connectivity index (χ0) is 16.3. The Morgan fingerprint density at radius 3 is 2.64 bits per heavy atom. The molecule has 1 fully saturated rings. The molecule has 1 aliphatic rings. The first-order valence-corrected chi connectivity index (χ1v) is 7.88. The SMILES string of the molecule is CC(C)c1cc(CN2CCC[C@H]2CCO)ccc1C(F)(F)F. The normalized spacial score (nSPS) is 20.0. The Labute approximate surface area is 129 Å². The summed E-state index contributed by atoms with van der Waals surface area (Å²) >= 11 is 0. The van der Waals surface area contributed by atoms with Gasteiger partial charge in [0.2, 0.25) is 0 Å². The summed E-state index contributed by atoms with van der Waals surface area (Å²) < 4.78 is 39.2. The molecule has 1 saturated heterocycles. The van der Waals surface area contributed by atoms with Crippen LogP contribution in [-0.2, 0) is 12.7 Å². The van der Waals surface area contributed by atoms with Gasteiger partial charge in [-0.1, -0.05) is 26.0 Å². The van der Waals surface area contributed by atoms with Crippen LogP contribution in [0.25, 0.3) is 0 Å². The number of hydrogen-bond acceptors (Lipinski definition) is 2. The third kappa shape index (κ3) is 4.02. The molecule has 1 atom stereocenters. The monoisotopic (exact) mass is 315 g/mol. The van der Waals surface area contributed by atoms with Gasteiger partial charge in [0.15, 0.2) is 0 Å². The maximum atomic E-state index is 13.1. The molecule has 1 aliphatic heterocycles. The first kappa shape index (κ1) is 17.3. The maximum absolute atomic E-state index is 13.1. The third-order valence-electron chi connectivity index (χ3n) is 4.39. The van der Waals surface area contributed by atoms with Gasteiger partial charge in [-0.05, 0) is 48.9 Å². The van der Waals surface area contributed by atoms with Crippen LogP contribution < -0.4 is 0 Å². The zero-order valence-electron chi connectivity index (χ0n) is 13.2. The second kappa shape index (κ2) is 7.01. The lowest BCUT2D eigenvalue weighted by Crippen LogP contribution is -2.29. The quantitative estimate of drug-likeness (QED) is 0.881. The van der Waals surface area contributed by atoms with Gasteiger partial charge in [-0.2, -0.15) is 13.2 Å². The van der Waals surface area contributed by atoms with Crippen LogP contribution in [0.15, 0.2) is 18.2 Å². The van der Waals surface area contributed by atoms with Crippen molar-refractivity contribution in [2.75, 3.05) is 13.2 Å². The lowest BCUT2D eigenvalue weighted by molar-refractivity contribution is -0.138. The summed E-state index contributed by atoms with van der Waals surface area (Å²) in [6.07, 6.45) is -1.43. The molecule has 0 unspecified atom stereocenters. The molecule has 2 nitrogen and oxygen atoms in total. The zero-order valence-corrected chi connectivity index (χ0v) is 13.2. The molecule has 1 N–H and O–H groups in total. The fraction of sp³-hybridized carbons (Fsp3) is 0.647. The van der Waals surface area contributed by atoms with Gasteiger partial charge in [0.05, 0.1) is 5.56 Å². The van der Waals surface area contributed by atoms with Crippen molar-refractivity contribution in [1.82, 2.24) is 4.90 Å². The van der Waals surface area contributed by atoms with E-state index >= 15 is 0 Å². The van der Waals surface area contributed by atoms with Crippen molar-refractivity contribution in [3.8, 4) is 0 Å². The number of nitrogens with zero attached hydrogens (tertiary/aromatic N) is 1. The molecule has 5 heteroatoms. The lowest BCUT2D eigenvalue weighted by Gasteiger charge is -2.25. The van der Waals surface area contributed by atoms with Crippen LogP contribution in [0, 0.1) is 0 Å². The molecule has 22 heavy (non-hydrogen) atoms. The van der Waals surface area contributed by atoms with Crippen molar-refractivity contribution in [3.63, 3.8) is 0 Å². The highest BCUT2D eigenvalue weighted by Crippen LogP contribution is 2.36. The van der Waals surface area contributed by atoms with Crippen LogP contribution in [0.2, 0.25) is 0 Å². The standard InChI is InChI=1S/C17H24F3NO/c1-12(2)15-10-13(5-6-16(15)17(18,19)20)11-21-8-3-4-14(21)7-9-22/h5-6,10,12,14,22H,3-4,7-9,11H2,1-2H3/t14-/m0/s1. The Morgan fingerprint density at radius 2 is 2.05 bits per heavy atom. The van der Waals surface area contributed by atoms with E-state index in [2.05, 4.69) is 4.90 Å². The minimum Gasteiger partial charge on any atom is -0.396 e. The highest BCUT2D eigenvalue weighted by atomic mass is 19.4. The predicted molar refractivity (Wildman–Crippen MR) is 80.7 cm³/mol. The Hall–Kier alpha value is -1.07. The summed E-state index contributed by atoms with van der Waals surface area (Å²) in [4.78, 5) is 2.27. The van der Waals surface area contributed by atoms with Crippen LogP contribution in [-0.4, -0.2) is 29.2 Å². The summed E-state index contributed by atoms with van der Waals surface area (Å²) in [5, 5.41) is 9.10. The Bertz CT molecular complexity index is 499. The summed E-state index contributed by atoms with van der Waals surface area (Å²) in [6, 6.07) is 4.84. The Kier molecular flexibility index (Phi) is 5.50. The maximum Gasteiger partial charge on any atom is 0.416 e. The van der Waals surface area contributed by atoms with Crippen molar-refractivity contribution >= 4 is 0 Å². The van der Waals surface area contributed by atoms with E-state index in [1.807, 2.05) is 0 Å². The van der Waals surface area contributed by atoms with Crippen molar-refractivity contribution in [1.29, 1.82) is 0 Å². The van der Waals surface area contributed by atoms with E-state index < -0.39 is 11.7 Å². The molecule has 0 spiro atoms. The smallest absolute Gasteiger partial charge is 0.396 e. The topological polar surface area (TPSA) is 23.5 Å². The molecular weight excluding hydrogens is 291 g/mol. The number of aliphatic hydroxyl groups excluding tert-OH is 1. The largest absolute Gasteiger partial charge is 0.416 e. The average Bonchev–Trinajstić information content (AvgIpc) is 2.85. The first-order valence-electron chi connectivity index (χ1n) is 7.88. The minimum atomic E-state index is -4.30. The van der Waals surface area contributed by atoms with Gasteiger partial charge in [0.1, 0.15) is 0 Å². The van der Waals surface area contributed by atoms with Gasteiger partial charge in [-0.3, -0.25) is 4.90 Å². The molecule has 1 aromatic rings. The van der Waals surface area contributed by atoms with E-state index in [9.17, 15) is 13.2 Å². The van der Waals surface area contributed by atoms with Crippen LogP contribution in [0.3, 0.4) is 0 Å². The van der Waals surface area contributed by atoms with E-state index in [0.29, 0.717) is 18.2 Å². The van der Waals surface area contributed by atoms with Gasteiger partial charge >= 0.3 is 6.18 Å². The molecule has 0 saturated carbocycles. The summed E-state index contributed by atoms with van der Waals surface area (Å²) in [6.45, 7) is 5.34. The molecule has 124 valence electrons. The Morgan fingerprint density at radius 1 is 1.32 bits per heavy atom. The molecule has 0 bridgehead atoms. The number of hydrogen-bond donors (Lipinski definition) is 1. The number of aliphatic hydroxyl groups is 1. The van der Waals surface area contributed by atoms with E-state index in [1.54, 1.807) is 26.0 Å². The molecule has 2 rings (SSSR count). The van der Waals surface area contributed by atoms with Gasteiger partial charge in [-0.25, -0.2) is 0 Å². The van der Waals surface area contributed by atoms with Crippen molar-refractivity contribution in [2.45, 2.75) is 57.8 Å². The number of rotatable bonds is 5. The van der Waals surface area contributed by atoms with Gasteiger partial charge < -0.3 is 5.11 Å². The molecule has 0 aliphatic carbocycles. The van der Waals surface area contributed by atoms with Crippen LogP contribution in [0.1, 0.15) is 55.7 Å². The number of halogens is 3. The van der Waals surface area contributed by atoms with Gasteiger partial charge in [0, 0.05) is 19.2 Å². The highest BCUT2D eigenvalue weighted by molar-refractivity contribution is 5.36. The highest BCUT2D eigenvalue weighted by Gasteiger charge is 2.34. The summed E-state index contributed by atoms with van der Waals surface area (Å²) in [5.74, 6) is -0.164. The molecule has 0 radical (unpaired) electrons. The molecule has 1 heterocycles. The number of alkyl halides is 3. The summed E-state index contributed by atoms with van der Waals surface area (Å²) in [5.41, 5.74) is 0.754. The first-order chi connectivity index (χ1) is 10.3. The summed E-state index contributed by atoms with van der Waals surface area (Å²) in [7, 11) is 0. The molecular formula is C17H24F3NO. The van der Waals surface area contributed by atoms with Crippen molar-refractivity contribution < 1.29 is 18.3 Å². The van der Waals surface area contributed by atoms with Crippen molar-refractivity contribution in [3.05, 3.63) is 34.9 Å². The average molecular weight is 315 g/mol. The van der Waals surface area contributed by atoms with Crippen molar-refractivity contribution in [2.24, 2.45) is 0 Å². The number of benzene rings is 1. The van der Waals surface area contributed by atoms with E-state index in [1.165, 1.54) is 6.07 Å². The van der Waals surface area contributed by atoms with Crippen LogP contribution in [0.4, 0.5) is 13.2 Å². The van der Waals surface area contributed by atoms with E-state index in [4.69, 9.17) is 5.11 Å². The van der Waals surface area contributed by atoms with E-state index in [0.717, 1.165) is 31.4 Å². The second-order valence-electron chi connectivity index (χ2n) is 6.35. The third-order valence-corrected chi connectivity index (χ3v) is 4.39. The number of likely N-dealkylation sites (tertiary alicyclic amines) is 1.